The van der Waals surface area contributed by atoms with Crippen LogP contribution in [0.1, 0.15) is 27.2 Å². The number of hydrogen-bond acceptors (Lipinski definition) is 4. The zero-order valence-corrected chi connectivity index (χ0v) is 14.9. The van der Waals surface area contributed by atoms with E-state index in [9.17, 15) is 9.90 Å². The number of rotatable bonds is 5. The topological polar surface area (TPSA) is 83.5 Å². The quantitative estimate of drug-likeness (QED) is 0.779. The number of aliphatic hydroxyl groups is 1. The highest BCUT2D eigenvalue weighted by atomic mass is 16.5. The summed E-state index contributed by atoms with van der Waals surface area (Å²) < 4.78 is 5.63. The van der Waals surface area contributed by atoms with Crippen LogP contribution in [-0.2, 0) is 4.74 Å². The molecule has 1 aliphatic carbocycles. The second-order valence-electron chi connectivity index (χ2n) is 7.10. The van der Waals surface area contributed by atoms with Crippen molar-refractivity contribution in [2.24, 2.45) is 5.41 Å². The summed E-state index contributed by atoms with van der Waals surface area (Å²) in [6, 6.07) is 11.0. The fourth-order valence-corrected chi connectivity index (χ4v) is 3.28. The van der Waals surface area contributed by atoms with Crippen LogP contribution in [0, 0.1) is 5.41 Å². The van der Waals surface area contributed by atoms with Gasteiger partial charge in [-0.3, -0.25) is 5.32 Å². The number of fused-ring (bicyclic) bond motifs is 1. The molecule has 1 fully saturated rings. The van der Waals surface area contributed by atoms with Crippen LogP contribution in [0.4, 0.5) is 10.6 Å². The summed E-state index contributed by atoms with van der Waals surface area (Å²) in [6.07, 6.45) is 0.525. The number of hydrogen-bond donors (Lipinski definition) is 3. The van der Waals surface area contributed by atoms with E-state index in [1.54, 1.807) is 6.07 Å². The lowest BCUT2D eigenvalue weighted by Gasteiger charge is -2.57. The molecule has 1 saturated carbocycles. The third-order valence-corrected chi connectivity index (χ3v) is 5.28. The lowest BCUT2D eigenvalue weighted by Crippen LogP contribution is -2.68. The first-order valence-corrected chi connectivity index (χ1v) is 8.60. The molecule has 1 aromatic heterocycles. The minimum Gasteiger partial charge on any atom is -0.387 e. The molecular weight excluding hydrogens is 318 g/mol. The fourth-order valence-electron chi connectivity index (χ4n) is 3.28. The molecule has 1 aliphatic rings. The minimum atomic E-state index is -0.971. The van der Waals surface area contributed by atoms with Crippen molar-refractivity contribution < 1.29 is 14.6 Å². The van der Waals surface area contributed by atoms with Gasteiger partial charge in [0.05, 0.1) is 17.2 Å². The highest BCUT2D eigenvalue weighted by Gasteiger charge is 2.59. The predicted molar refractivity (Wildman–Crippen MR) is 97.5 cm³/mol. The maximum Gasteiger partial charge on any atom is 0.320 e. The Bertz CT molecular complexity index is 777. The number of para-hydroxylation sites is 1. The zero-order valence-electron chi connectivity index (χ0n) is 14.9. The van der Waals surface area contributed by atoms with Crippen molar-refractivity contribution in [2.75, 3.05) is 18.5 Å². The number of nitrogens with one attached hydrogen (secondary N) is 2. The van der Waals surface area contributed by atoms with E-state index in [1.807, 2.05) is 51.1 Å². The van der Waals surface area contributed by atoms with Crippen LogP contribution >= 0.6 is 0 Å². The molecule has 0 aliphatic heterocycles. The number of aromatic nitrogens is 1. The molecule has 2 atom stereocenters. The number of urea groups is 1. The molecule has 2 amide bonds. The normalized spacial score (nSPS) is 24.6. The highest BCUT2D eigenvalue weighted by Crippen LogP contribution is 2.50. The summed E-state index contributed by atoms with van der Waals surface area (Å²) in [5.74, 6) is 0.475. The Morgan fingerprint density at radius 3 is 2.80 bits per heavy atom. The second-order valence-corrected chi connectivity index (χ2v) is 7.10. The van der Waals surface area contributed by atoms with E-state index in [4.69, 9.17) is 4.74 Å². The highest BCUT2D eigenvalue weighted by molar-refractivity contribution is 5.90. The van der Waals surface area contributed by atoms with E-state index >= 15 is 0 Å². The minimum absolute atomic E-state index is 0.00881. The molecule has 6 nitrogen and oxygen atoms in total. The van der Waals surface area contributed by atoms with Crippen molar-refractivity contribution in [1.29, 1.82) is 0 Å². The summed E-state index contributed by atoms with van der Waals surface area (Å²) in [5, 5.41) is 17.2. The number of amides is 2. The summed E-state index contributed by atoms with van der Waals surface area (Å²) in [6.45, 7) is 6.65. The van der Waals surface area contributed by atoms with Gasteiger partial charge >= 0.3 is 6.03 Å². The average Bonchev–Trinajstić information content (AvgIpc) is 2.59. The van der Waals surface area contributed by atoms with Gasteiger partial charge in [-0.1, -0.05) is 32.0 Å². The Kier molecular flexibility index (Phi) is 4.67. The number of carbonyl (C=O) groups is 1. The molecule has 0 radical (unpaired) electrons. The monoisotopic (exact) mass is 343 g/mol. The second kappa shape index (κ2) is 6.61. The molecule has 3 N–H and O–H groups in total. The van der Waals surface area contributed by atoms with Crippen molar-refractivity contribution >= 4 is 22.8 Å². The first kappa shape index (κ1) is 17.6. The summed E-state index contributed by atoms with van der Waals surface area (Å²) in [5.41, 5.74) is -0.558. The Morgan fingerprint density at radius 1 is 1.32 bits per heavy atom. The van der Waals surface area contributed by atoms with Crippen LogP contribution < -0.4 is 10.6 Å². The molecule has 0 bridgehead atoms. The number of pyridine rings is 1. The zero-order chi connectivity index (χ0) is 18.1. The molecule has 25 heavy (non-hydrogen) atoms. The summed E-state index contributed by atoms with van der Waals surface area (Å²) in [4.78, 5) is 16.6. The maximum atomic E-state index is 12.1. The van der Waals surface area contributed by atoms with Gasteiger partial charge < -0.3 is 15.2 Å². The first-order valence-electron chi connectivity index (χ1n) is 8.60. The van der Waals surface area contributed by atoms with Crippen molar-refractivity contribution in [1.82, 2.24) is 10.3 Å². The molecule has 2 unspecified atom stereocenters. The summed E-state index contributed by atoms with van der Waals surface area (Å²) >= 11 is 0. The predicted octanol–water partition coefficient (Wildman–Crippen LogP) is 2.92. The van der Waals surface area contributed by atoms with E-state index in [1.165, 1.54) is 0 Å². The van der Waals surface area contributed by atoms with Crippen LogP contribution in [0.15, 0.2) is 36.4 Å². The van der Waals surface area contributed by atoms with Gasteiger partial charge in [0.2, 0.25) is 0 Å². The van der Waals surface area contributed by atoms with Gasteiger partial charge in [-0.25, -0.2) is 9.78 Å². The van der Waals surface area contributed by atoms with Crippen molar-refractivity contribution in [3.05, 3.63) is 36.4 Å². The lowest BCUT2D eigenvalue weighted by atomic mass is 9.56. The van der Waals surface area contributed by atoms with Crippen LogP contribution in [0.5, 0.6) is 0 Å². The smallest absolute Gasteiger partial charge is 0.320 e. The number of ether oxygens (including phenoxy) is 1. The lowest BCUT2D eigenvalue weighted by molar-refractivity contribution is -0.237. The molecule has 1 heterocycles. The molecule has 6 heteroatoms. The third-order valence-electron chi connectivity index (χ3n) is 5.28. The molecule has 0 saturated heterocycles. The van der Waals surface area contributed by atoms with Crippen LogP contribution in [0.3, 0.4) is 0 Å². The number of carbonyl (C=O) groups excluding carboxylic acids is 1. The van der Waals surface area contributed by atoms with Gasteiger partial charge in [0.1, 0.15) is 5.82 Å². The van der Waals surface area contributed by atoms with Crippen LogP contribution in [0.25, 0.3) is 10.9 Å². The van der Waals surface area contributed by atoms with Gasteiger partial charge in [-0.15, -0.1) is 0 Å². The first-order chi connectivity index (χ1) is 11.9. The largest absolute Gasteiger partial charge is 0.387 e. The van der Waals surface area contributed by atoms with Crippen molar-refractivity contribution in [3.63, 3.8) is 0 Å². The number of benzene rings is 1. The fraction of sp³-hybridized carbons (Fsp3) is 0.474. The Hall–Kier alpha value is -2.18. The van der Waals surface area contributed by atoms with E-state index < -0.39 is 11.0 Å². The van der Waals surface area contributed by atoms with Crippen molar-refractivity contribution in [2.45, 2.75) is 38.9 Å². The van der Waals surface area contributed by atoms with E-state index in [2.05, 4.69) is 15.6 Å². The molecule has 1 aromatic carbocycles. The molecule has 134 valence electrons. The van der Waals surface area contributed by atoms with Gasteiger partial charge in [-0.05, 0) is 25.1 Å². The van der Waals surface area contributed by atoms with E-state index in [0.717, 1.165) is 10.9 Å². The van der Waals surface area contributed by atoms with Gasteiger partial charge in [0, 0.05) is 30.4 Å². The Morgan fingerprint density at radius 2 is 2.08 bits per heavy atom. The van der Waals surface area contributed by atoms with Gasteiger partial charge in [-0.2, -0.15) is 0 Å². The van der Waals surface area contributed by atoms with Crippen LogP contribution in [0.2, 0.25) is 0 Å². The van der Waals surface area contributed by atoms with Gasteiger partial charge in [0.25, 0.3) is 0 Å². The van der Waals surface area contributed by atoms with E-state index in [-0.39, 0.29) is 18.7 Å². The third kappa shape index (κ3) is 3.32. The average molecular weight is 343 g/mol. The molecule has 3 rings (SSSR count). The van der Waals surface area contributed by atoms with Gasteiger partial charge in [0.15, 0.2) is 0 Å². The van der Waals surface area contributed by atoms with E-state index in [0.29, 0.717) is 18.8 Å². The van der Waals surface area contributed by atoms with Crippen molar-refractivity contribution in [3.8, 4) is 0 Å². The molecular formula is C19H25N3O3. The SMILES string of the molecule is CCOC1CC(O)(CNC(=O)Nc2ccc3ccccc3n2)C1(C)C. The van der Waals surface area contributed by atoms with Crippen LogP contribution in [-0.4, -0.2) is 41.0 Å². The summed E-state index contributed by atoms with van der Waals surface area (Å²) in [7, 11) is 0. The maximum absolute atomic E-state index is 12.1. The molecule has 2 aromatic rings. The standard InChI is InChI=1S/C19H25N3O3/c1-4-25-15-11-19(24,18(15,2)3)12-20-17(23)22-16-10-9-13-7-5-6-8-14(13)21-16/h5-10,15,24H,4,11-12H2,1-3H3,(H2,20,21,22,23). The number of anilines is 1. The number of nitrogens with zero attached hydrogens (tertiary/aromatic N) is 1. The Labute approximate surface area is 147 Å². The molecule has 0 spiro atoms. The Balaban J connectivity index is 1.57.